The molecule has 1 N–H and O–H groups in total. The fourth-order valence-electron chi connectivity index (χ4n) is 2.00. The van der Waals surface area contributed by atoms with Gasteiger partial charge in [-0.05, 0) is 17.0 Å². The molecule has 0 amide bonds. The molecular weight excluding hydrogens is 299 g/mol. The van der Waals surface area contributed by atoms with Crippen molar-refractivity contribution in [3.8, 4) is 0 Å². The summed E-state index contributed by atoms with van der Waals surface area (Å²) in [6.45, 7) is 0.321. The number of thiophene rings is 1. The Kier molecular flexibility index (Phi) is 5.39. The summed E-state index contributed by atoms with van der Waals surface area (Å²) < 4.78 is 37.7. The average molecular weight is 315 g/mol. The second kappa shape index (κ2) is 7.06. The van der Waals surface area contributed by atoms with Crippen LogP contribution in [0.25, 0.3) is 0 Å². The molecule has 114 valence electrons. The van der Waals surface area contributed by atoms with E-state index in [0.29, 0.717) is 13.1 Å². The molecular formula is C15H16F3NOS. The highest BCUT2D eigenvalue weighted by Crippen LogP contribution is 2.23. The first-order valence-corrected chi connectivity index (χ1v) is 7.36. The molecule has 21 heavy (non-hydrogen) atoms. The molecule has 0 spiro atoms. The van der Waals surface area contributed by atoms with Gasteiger partial charge in [-0.2, -0.15) is 13.2 Å². The van der Waals surface area contributed by atoms with Gasteiger partial charge in [0.25, 0.3) is 0 Å². The van der Waals surface area contributed by atoms with Gasteiger partial charge in [-0.3, -0.25) is 4.90 Å². The third-order valence-corrected chi connectivity index (χ3v) is 3.88. The van der Waals surface area contributed by atoms with Crippen LogP contribution in [0.2, 0.25) is 0 Å². The number of aliphatic hydroxyl groups is 1. The lowest BCUT2D eigenvalue weighted by Gasteiger charge is -2.25. The van der Waals surface area contributed by atoms with Crippen molar-refractivity contribution in [1.29, 1.82) is 0 Å². The van der Waals surface area contributed by atoms with E-state index in [0.717, 1.165) is 10.4 Å². The third kappa shape index (κ3) is 5.15. The molecule has 0 radical (unpaired) electrons. The summed E-state index contributed by atoms with van der Waals surface area (Å²) in [6.07, 6.45) is -6.93. The molecule has 0 saturated carbocycles. The highest BCUT2D eigenvalue weighted by atomic mass is 32.1. The van der Waals surface area contributed by atoms with Gasteiger partial charge >= 0.3 is 6.18 Å². The summed E-state index contributed by atoms with van der Waals surface area (Å²) in [6, 6.07) is 13.0. The van der Waals surface area contributed by atoms with Crippen LogP contribution >= 0.6 is 11.3 Å². The van der Waals surface area contributed by atoms with Crippen LogP contribution in [0.5, 0.6) is 0 Å². The predicted octanol–water partition coefficient (Wildman–Crippen LogP) is 3.67. The van der Waals surface area contributed by atoms with E-state index < -0.39 is 18.8 Å². The monoisotopic (exact) mass is 315 g/mol. The Bertz CT molecular complexity index is 528. The molecule has 1 atom stereocenters. The fourth-order valence-corrected chi connectivity index (χ4v) is 2.74. The van der Waals surface area contributed by atoms with Gasteiger partial charge in [0.15, 0.2) is 6.10 Å². The lowest BCUT2D eigenvalue weighted by molar-refractivity contribution is -0.208. The average Bonchev–Trinajstić information content (AvgIpc) is 2.91. The van der Waals surface area contributed by atoms with Gasteiger partial charge in [0, 0.05) is 24.5 Å². The van der Waals surface area contributed by atoms with Crippen LogP contribution in [-0.2, 0) is 13.1 Å². The molecule has 0 fully saturated rings. The fraction of sp³-hybridized carbons (Fsp3) is 0.333. The number of hydrogen-bond donors (Lipinski definition) is 1. The predicted molar refractivity (Wildman–Crippen MR) is 76.9 cm³/mol. The smallest absolute Gasteiger partial charge is 0.382 e. The number of halogens is 3. The zero-order valence-corrected chi connectivity index (χ0v) is 12.1. The van der Waals surface area contributed by atoms with E-state index in [1.165, 1.54) is 11.3 Å². The van der Waals surface area contributed by atoms with Crippen LogP contribution < -0.4 is 0 Å². The van der Waals surface area contributed by atoms with Crippen LogP contribution in [0.3, 0.4) is 0 Å². The quantitative estimate of drug-likeness (QED) is 0.879. The molecule has 0 aliphatic rings. The van der Waals surface area contributed by atoms with Crippen molar-refractivity contribution in [2.24, 2.45) is 0 Å². The van der Waals surface area contributed by atoms with E-state index in [4.69, 9.17) is 0 Å². The van der Waals surface area contributed by atoms with Crippen molar-refractivity contribution >= 4 is 11.3 Å². The Morgan fingerprint density at radius 3 is 2.33 bits per heavy atom. The van der Waals surface area contributed by atoms with Crippen LogP contribution in [0.15, 0.2) is 47.8 Å². The summed E-state index contributed by atoms with van der Waals surface area (Å²) >= 11 is 1.49. The Balaban J connectivity index is 2.06. The third-order valence-electron chi connectivity index (χ3n) is 3.02. The van der Waals surface area contributed by atoms with Crippen LogP contribution in [0, 0.1) is 0 Å². The SMILES string of the molecule is O[C@@H](CN(Cc1ccccc1)Cc1cccs1)C(F)(F)F. The molecule has 0 aliphatic carbocycles. The molecule has 2 aromatic rings. The normalized spacial score (nSPS) is 13.6. The van der Waals surface area contributed by atoms with Crippen molar-refractivity contribution in [3.63, 3.8) is 0 Å². The minimum Gasteiger partial charge on any atom is -0.382 e. The van der Waals surface area contributed by atoms with Crippen molar-refractivity contribution in [3.05, 3.63) is 58.3 Å². The highest BCUT2D eigenvalue weighted by Gasteiger charge is 2.39. The molecule has 0 aliphatic heterocycles. The molecule has 1 aromatic heterocycles. The molecule has 0 bridgehead atoms. The lowest BCUT2D eigenvalue weighted by Crippen LogP contribution is -2.40. The van der Waals surface area contributed by atoms with E-state index in [-0.39, 0.29) is 0 Å². The van der Waals surface area contributed by atoms with Crippen LogP contribution in [-0.4, -0.2) is 28.8 Å². The molecule has 6 heteroatoms. The van der Waals surface area contributed by atoms with Gasteiger partial charge in [0.2, 0.25) is 0 Å². The minimum atomic E-state index is -4.59. The van der Waals surface area contributed by atoms with Crippen molar-refractivity contribution in [1.82, 2.24) is 4.90 Å². The zero-order chi connectivity index (χ0) is 15.3. The van der Waals surface area contributed by atoms with E-state index in [1.54, 1.807) is 4.90 Å². The molecule has 1 aromatic carbocycles. The maximum Gasteiger partial charge on any atom is 0.415 e. The van der Waals surface area contributed by atoms with Gasteiger partial charge in [-0.25, -0.2) is 0 Å². The second-order valence-electron chi connectivity index (χ2n) is 4.79. The largest absolute Gasteiger partial charge is 0.415 e. The Morgan fingerprint density at radius 2 is 1.76 bits per heavy atom. The number of benzene rings is 1. The number of aliphatic hydroxyl groups excluding tert-OH is 1. The van der Waals surface area contributed by atoms with Crippen LogP contribution in [0.1, 0.15) is 10.4 Å². The molecule has 0 unspecified atom stereocenters. The first-order chi connectivity index (χ1) is 9.95. The molecule has 0 saturated heterocycles. The van der Waals surface area contributed by atoms with Gasteiger partial charge in [-0.15, -0.1) is 11.3 Å². The zero-order valence-electron chi connectivity index (χ0n) is 11.3. The first kappa shape index (κ1) is 16.0. The van der Waals surface area contributed by atoms with Gasteiger partial charge in [-0.1, -0.05) is 36.4 Å². The van der Waals surface area contributed by atoms with Crippen molar-refractivity contribution in [2.75, 3.05) is 6.54 Å². The van der Waals surface area contributed by atoms with Gasteiger partial charge in [0.1, 0.15) is 0 Å². The number of rotatable bonds is 6. The Hall–Kier alpha value is -1.37. The van der Waals surface area contributed by atoms with E-state index >= 15 is 0 Å². The Morgan fingerprint density at radius 1 is 1.05 bits per heavy atom. The first-order valence-electron chi connectivity index (χ1n) is 6.48. The topological polar surface area (TPSA) is 23.5 Å². The maximum atomic E-state index is 12.6. The minimum absolute atomic E-state index is 0.367. The van der Waals surface area contributed by atoms with Gasteiger partial charge in [0.05, 0.1) is 0 Å². The highest BCUT2D eigenvalue weighted by molar-refractivity contribution is 7.09. The molecule has 2 rings (SSSR count). The van der Waals surface area contributed by atoms with Crippen molar-refractivity contribution < 1.29 is 18.3 Å². The summed E-state index contributed by atoms with van der Waals surface area (Å²) in [5.41, 5.74) is 0.920. The van der Waals surface area contributed by atoms with Gasteiger partial charge < -0.3 is 5.11 Å². The molecule has 2 nitrogen and oxygen atoms in total. The maximum absolute atomic E-state index is 12.6. The Labute approximate surface area is 125 Å². The summed E-state index contributed by atoms with van der Waals surface area (Å²) in [4.78, 5) is 2.58. The lowest BCUT2D eigenvalue weighted by atomic mass is 10.2. The number of alkyl halides is 3. The summed E-state index contributed by atoms with van der Waals surface area (Å²) in [5, 5.41) is 11.2. The standard InChI is InChI=1S/C15H16F3NOS/c16-15(17,18)14(20)11-19(10-13-7-4-8-21-13)9-12-5-2-1-3-6-12/h1-8,14,20H,9-11H2/t14-/m0/s1. The summed E-state index contributed by atoms with van der Waals surface area (Å²) in [5.74, 6) is 0. The number of hydrogen-bond acceptors (Lipinski definition) is 3. The van der Waals surface area contributed by atoms with E-state index in [2.05, 4.69) is 0 Å². The van der Waals surface area contributed by atoms with E-state index in [9.17, 15) is 18.3 Å². The number of nitrogens with zero attached hydrogens (tertiary/aromatic N) is 1. The second-order valence-corrected chi connectivity index (χ2v) is 5.82. The summed E-state index contributed by atoms with van der Waals surface area (Å²) in [7, 11) is 0. The molecule has 1 heterocycles. The van der Waals surface area contributed by atoms with Crippen LogP contribution in [0.4, 0.5) is 13.2 Å². The van der Waals surface area contributed by atoms with E-state index in [1.807, 2.05) is 47.8 Å². The van der Waals surface area contributed by atoms with Crippen molar-refractivity contribution in [2.45, 2.75) is 25.4 Å².